The predicted octanol–water partition coefficient (Wildman–Crippen LogP) is 9.83. The monoisotopic (exact) mass is 790 g/mol. The van der Waals surface area contributed by atoms with E-state index in [4.69, 9.17) is 9.05 Å². The molecule has 0 aliphatic heterocycles. The molecule has 0 unspecified atom stereocenters. The molecule has 8 aromatic carbocycles. The molecule has 56 heavy (non-hydrogen) atoms. The van der Waals surface area contributed by atoms with E-state index >= 15 is 13.7 Å². The molecule has 8 aromatic rings. The fourth-order valence-electron chi connectivity index (χ4n) is 7.79. The van der Waals surface area contributed by atoms with E-state index in [0.717, 1.165) is 10.8 Å². The molecule has 278 valence electrons. The first-order valence-electron chi connectivity index (χ1n) is 18.8. The van der Waals surface area contributed by atoms with Crippen molar-refractivity contribution < 1.29 is 22.7 Å². The van der Waals surface area contributed by atoms with Crippen LogP contribution in [-0.4, -0.2) is 13.2 Å². The fourth-order valence-corrected chi connectivity index (χ4v) is 15.5. The van der Waals surface area contributed by atoms with Crippen molar-refractivity contribution in [1.29, 1.82) is 0 Å². The topological polar surface area (TPSA) is 69.7 Å². The molecule has 0 bridgehead atoms. The van der Waals surface area contributed by atoms with Crippen LogP contribution in [0, 0.1) is 0 Å². The molecule has 0 saturated carbocycles. The second kappa shape index (κ2) is 15.8. The Morgan fingerprint density at radius 1 is 0.375 bits per heavy atom. The van der Waals surface area contributed by atoms with Gasteiger partial charge in [0.15, 0.2) is 14.3 Å². The second-order valence-corrected chi connectivity index (χ2v) is 20.9. The zero-order chi connectivity index (χ0) is 38.8. The van der Waals surface area contributed by atoms with Crippen LogP contribution in [0.5, 0.6) is 0 Å². The summed E-state index contributed by atoms with van der Waals surface area (Å²) in [5.41, 5.74) is 1.35. The van der Waals surface area contributed by atoms with Crippen LogP contribution in [0.15, 0.2) is 188 Å². The molecule has 0 amide bonds. The maximum atomic E-state index is 16.8. The highest BCUT2D eigenvalue weighted by Crippen LogP contribution is 2.54. The molecule has 0 atom stereocenters. The van der Waals surface area contributed by atoms with E-state index in [2.05, 4.69) is 0 Å². The number of hydrogen-bond acceptors (Lipinski definition) is 5. The van der Waals surface area contributed by atoms with Gasteiger partial charge in [-0.25, -0.2) is 0 Å². The molecular formula is C48H41O5P3. The Kier molecular flexibility index (Phi) is 10.7. The molecule has 0 aliphatic carbocycles. The van der Waals surface area contributed by atoms with Gasteiger partial charge >= 0.3 is 7.60 Å². The summed E-state index contributed by atoms with van der Waals surface area (Å²) in [6.07, 6.45) is 0. The summed E-state index contributed by atoms with van der Waals surface area (Å²) in [6.45, 7) is 3.86. The van der Waals surface area contributed by atoms with E-state index < -0.39 is 21.9 Å². The van der Waals surface area contributed by atoms with Crippen LogP contribution in [-0.2, 0) is 22.7 Å². The van der Waals surface area contributed by atoms with Gasteiger partial charge in [0.2, 0.25) is 0 Å². The zero-order valence-corrected chi connectivity index (χ0v) is 33.9. The molecule has 0 radical (unpaired) electrons. The number of rotatable bonds is 12. The molecule has 0 spiro atoms. The zero-order valence-electron chi connectivity index (χ0n) is 31.2. The fraction of sp³-hybridized carbons (Fsp3) is 0.0833. The summed E-state index contributed by atoms with van der Waals surface area (Å²) in [5, 5.41) is 7.07. The average Bonchev–Trinajstić information content (AvgIpc) is 3.26. The van der Waals surface area contributed by atoms with Crippen LogP contribution in [0.2, 0.25) is 0 Å². The van der Waals surface area contributed by atoms with Crippen molar-refractivity contribution in [3.8, 4) is 11.1 Å². The van der Waals surface area contributed by atoms with Gasteiger partial charge < -0.3 is 18.2 Å². The van der Waals surface area contributed by atoms with Crippen molar-refractivity contribution in [1.82, 2.24) is 0 Å². The highest BCUT2D eigenvalue weighted by atomic mass is 31.2. The Morgan fingerprint density at radius 2 is 0.750 bits per heavy atom. The summed E-state index contributed by atoms with van der Waals surface area (Å²) in [4.78, 5) is 0. The summed E-state index contributed by atoms with van der Waals surface area (Å²) < 4.78 is 60.5. The quantitative estimate of drug-likeness (QED) is 0.115. The minimum Gasteiger partial charge on any atom is -0.309 e. The molecule has 0 saturated heterocycles. The molecule has 0 aromatic heterocycles. The first-order valence-corrected chi connectivity index (χ1v) is 23.7. The number of fused-ring (bicyclic) bond motifs is 2. The van der Waals surface area contributed by atoms with Crippen molar-refractivity contribution in [2.24, 2.45) is 0 Å². The molecule has 8 heteroatoms. The molecule has 5 nitrogen and oxygen atoms in total. The molecule has 0 aliphatic rings. The standard InChI is InChI=1S/C48H41O5P3/c1-3-52-56(51,53-4-2)45-35-46(55(50,39-26-13-7-14-27-39)40-28-15-8-16-29-40)48(43-32-20-19-31-42(43)45)47-41-30-18-17-21-36(41)33-34-44(47)54(49,37-22-9-5-10-23-37)38-24-11-6-12-25-38/h5-35H,3-4H2,1-2H3. The van der Waals surface area contributed by atoms with Gasteiger partial charge in [0, 0.05) is 43.0 Å². The smallest absolute Gasteiger partial charge is 0.309 e. The number of hydrogen-bond donors (Lipinski definition) is 0. The van der Waals surface area contributed by atoms with Gasteiger partial charge in [0.1, 0.15) is 0 Å². The first kappa shape index (κ1) is 37.8. The van der Waals surface area contributed by atoms with E-state index in [1.165, 1.54) is 0 Å². The minimum absolute atomic E-state index is 0.141. The molecule has 8 rings (SSSR count). The molecule has 0 heterocycles. The Bertz CT molecular complexity index is 2710. The normalized spacial score (nSPS) is 12.2. The van der Waals surface area contributed by atoms with Crippen LogP contribution < -0.4 is 37.1 Å². The molecular weight excluding hydrogens is 749 g/mol. The lowest BCUT2D eigenvalue weighted by atomic mass is 9.93. The average molecular weight is 791 g/mol. The Hall–Kier alpha value is -5.11. The Balaban J connectivity index is 1.65. The van der Waals surface area contributed by atoms with Gasteiger partial charge in [-0.2, -0.15) is 0 Å². The SMILES string of the molecule is CCOP(=O)(OCC)c1cc(P(=O)(c2ccccc2)c2ccccc2)c(-c2c(P(=O)(c3ccccc3)c3ccccc3)ccc3ccccc23)c2ccccc12. The maximum Gasteiger partial charge on any atom is 0.361 e. The highest BCUT2D eigenvalue weighted by molar-refractivity contribution is 7.86. The van der Waals surface area contributed by atoms with E-state index in [-0.39, 0.29) is 13.2 Å². The van der Waals surface area contributed by atoms with E-state index in [1.807, 2.05) is 182 Å². The Morgan fingerprint density at radius 3 is 1.21 bits per heavy atom. The van der Waals surface area contributed by atoms with Crippen LogP contribution in [0.4, 0.5) is 0 Å². The van der Waals surface area contributed by atoms with Gasteiger partial charge in [0.25, 0.3) is 0 Å². The van der Waals surface area contributed by atoms with E-state index in [0.29, 0.717) is 59.0 Å². The van der Waals surface area contributed by atoms with Gasteiger partial charge in [-0.05, 0) is 47.5 Å². The number of benzene rings is 8. The first-order chi connectivity index (χ1) is 27.3. The van der Waals surface area contributed by atoms with Gasteiger partial charge in [-0.15, -0.1) is 0 Å². The lowest BCUT2D eigenvalue weighted by molar-refractivity contribution is 0.230. The van der Waals surface area contributed by atoms with E-state index in [9.17, 15) is 0 Å². The lowest BCUT2D eigenvalue weighted by Crippen LogP contribution is -2.32. The van der Waals surface area contributed by atoms with Crippen LogP contribution >= 0.6 is 21.9 Å². The second-order valence-electron chi connectivity index (χ2n) is 13.4. The third-order valence-electron chi connectivity index (χ3n) is 10.2. The van der Waals surface area contributed by atoms with Crippen LogP contribution in [0.25, 0.3) is 32.7 Å². The van der Waals surface area contributed by atoms with Crippen molar-refractivity contribution >= 4 is 80.6 Å². The van der Waals surface area contributed by atoms with Crippen LogP contribution in [0.3, 0.4) is 0 Å². The highest BCUT2D eigenvalue weighted by Gasteiger charge is 2.41. The van der Waals surface area contributed by atoms with Crippen molar-refractivity contribution in [2.75, 3.05) is 13.2 Å². The maximum absolute atomic E-state index is 16.8. The van der Waals surface area contributed by atoms with E-state index in [1.54, 1.807) is 19.9 Å². The van der Waals surface area contributed by atoms with Crippen molar-refractivity contribution in [3.63, 3.8) is 0 Å². The van der Waals surface area contributed by atoms with Crippen molar-refractivity contribution in [3.05, 3.63) is 188 Å². The third kappa shape index (κ3) is 6.45. The molecule has 0 fully saturated rings. The largest absolute Gasteiger partial charge is 0.361 e. The minimum atomic E-state index is -3.97. The summed E-state index contributed by atoms with van der Waals surface area (Å²) >= 11 is 0. The summed E-state index contributed by atoms with van der Waals surface area (Å²) in [7, 11) is -11.4. The van der Waals surface area contributed by atoms with Gasteiger partial charge in [-0.1, -0.05) is 176 Å². The van der Waals surface area contributed by atoms with Crippen molar-refractivity contribution in [2.45, 2.75) is 13.8 Å². The van der Waals surface area contributed by atoms with Gasteiger partial charge in [-0.3, -0.25) is 4.57 Å². The predicted molar refractivity (Wildman–Crippen MR) is 236 cm³/mol. The molecule has 0 N–H and O–H groups in total. The third-order valence-corrected chi connectivity index (χ3v) is 18.5. The summed E-state index contributed by atoms with van der Waals surface area (Å²) in [5.74, 6) is 0. The van der Waals surface area contributed by atoms with Gasteiger partial charge in [0.05, 0.1) is 18.5 Å². The lowest BCUT2D eigenvalue weighted by Gasteiger charge is -2.30. The van der Waals surface area contributed by atoms with Crippen LogP contribution in [0.1, 0.15) is 13.8 Å². The Labute approximate surface area is 328 Å². The summed E-state index contributed by atoms with van der Waals surface area (Å²) in [6, 6.07) is 59.7.